The van der Waals surface area contributed by atoms with Crippen LogP contribution in [0.15, 0.2) is 53.3 Å². The van der Waals surface area contributed by atoms with Gasteiger partial charge in [0.1, 0.15) is 17.2 Å². The summed E-state index contributed by atoms with van der Waals surface area (Å²) in [6.45, 7) is 5.33. The van der Waals surface area contributed by atoms with Crippen LogP contribution < -0.4 is 10.9 Å². The van der Waals surface area contributed by atoms with Gasteiger partial charge in [0.05, 0.1) is 5.56 Å². The molecule has 0 atom stereocenters. The zero-order valence-electron chi connectivity index (χ0n) is 15.4. The predicted octanol–water partition coefficient (Wildman–Crippen LogP) is 4.32. The van der Waals surface area contributed by atoms with Crippen LogP contribution in [0.4, 0.5) is 15.8 Å². The van der Waals surface area contributed by atoms with E-state index < -0.39 is 11.4 Å². The number of aromatic nitrogens is 2. The Bertz CT molecular complexity index is 1060. The van der Waals surface area contributed by atoms with Crippen LogP contribution in [-0.2, 0) is 6.54 Å². The van der Waals surface area contributed by atoms with Crippen molar-refractivity contribution < 1.29 is 9.18 Å². The van der Waals surface area contributed by atoms with Crippen molar-refractivity contribution in [1.82, 2.24) is 9.78 Å². The summed E-state index contributed by atoms with van der Waals surface area (Å²) in [6.07, 6.45) is 0. The van der Waals surface area contributed by atoms with Crippen molar-refractivity contribution in [2.75, 3.05) is 5.32 Å². The summed E-state index contributed by atoms with van der Waals surface area (Å²) >= 11 is 0. The standard InChI is InChI=1S/C21H20FN3O2/c1-4-25-21(27)20(23-17-12-16(22)11-10-13(17)2)18(14(3)26)19(24-25)15-8-6-5-7-9-15/h5-12,23H,4H2,1-3H3. The minimum Gasteiger partial charge on any atom is -0.350 e. The van der Waals surface area contributed by atoms with Crippen LogP contribution in [0.5, 0.6) is 0 Å². The number of carbonyl (C=O) groups excluding carboxylic acids is 1. The van der Waals surface area contributed by atoms with E-state index in [1.165, 1.54) is 23.7 Å². The van der Waals surface area contributed by atoms with Gasteiger partial charge < -0.3 is 5.32 Å². The van der Waals surface area contributed by atoms with Crippen molar-refractivity contribution in [1.29, 1.82) is 0 Å². The quantitative estimate of drug-likeness (QED) is 0.684. The van der Waals surface area contributed by atoms with E-state index in [0.29, 0.717) is 17.9 Å². The third-order valence-electron chi connectivity index (χ3n) is 4.31. The minimum absolute atomic E-state index is 0.104. The minimum atomic E-state index is -0.430. The van der Waals surface area contributed by atoms with Gasteiger partial charge in [-0.05, 0) is 38.5 Å². The molecule has 1 aromatic heterocycles. The van der Waals surface area contributed by atoms with E-state index in [4.69, 9.17) is 0 Å². The average Bonchev–Trinajstić information content (AvgIpc) is 2.66. The largest absolute Gasteiger partial charge is 0.350 e. The third-order valence-corrected chi connectivity index (χ3v) is 4.31. The van der Waals surface area contributed by atoms with Gasteiger partial charge in [0.15, 0.2) is 5.78 Å². The molecule has 3 rings (SSSR count). The number of hydrogen-bond donors (Lipinski definition) is 1. The van der Waals surface area contributed by atoms with Crippen LogP contribution >= 0.6 is 0 Å². The Kier molecular flexibility index (Phi) is 5.16. The lowest BCUT2D eigenvalue weighted by molar-refractivity contribution is 0.101. The van der Waals surface area contributed by atoms with Crippen LogP contribution in [0.2, 0.25) is 0 Å². The second-order valence-corrected chi connectivity index (χ2v) is 6.23. The van der Waals surface area contributed by atoms with Crippen LogP contribution in [-0.4, -0.2) is 15.6 Å². The molecule has 0 spiro atoms. The fourth-order valence-corrected chi connectivity index (χ4v) is 2.91. The van der Waals surface area contributed by atoms with Crippen LogP contribution in [0.25, 0.3) is 11.3 Å². The molecule has 0 amide bonds. The summed E-state index contributed by atoms with van der Waals surface area (Å²) in [6, 6.07) is 13.5. The predicted molar refractivity (Wildman–Crippen MR) is 104 cm³/mol. The Morgan fingerprint density at radius 1 is 1.19 bits per heavy atom. The molecule has 0 bridgehead atoms. The van der Waals surface area contributed by atoms with Gasteiger partial charge in [-0.25, -0.2) is 9.07 Å². The van der Waals surface area contributed by atoms with Crippen LogP contribution in [0.3, 0.4) is 0 Å². The number of hydrogen-bond acceptors (Lipinski definition) is 4. The molecule has 0 fully saturated rings. The van der Waals surface area contributed by atoms with Crippen LogP contribution in [0.1, 0.15) is 29.8 Å². The zero-order valence-corrected chi connectivity index (χ0v) is 15.4. The Labute approximate surface area is 156 Å². The molecule has 0 aliphatic rings. The molecule has 138 valence electrons. The highest BCUT2D eigenvalue weighted by molar-refractivity contribution is 6.05. The van der Waals surface area contributed by atoms with Gasteiger partial charge >= 0.3 is 0 Å². The Hall–Kier alpha value is -3.28. The number of anilines is 2. The molecular weight excluding hydrogens is 345 g/mol. The molecule has 0 radical (unpaired) electrons. The number of Topliss-reactive ketones (excluding diaryl/α,β-unsaturated/α-hetero) is 1. The molecule has 0 aliphatic heterocycles. The van der Waals surface area contributed by atoms with E-state index in [9.17, 15) is 14.0 Å². The van der Waals surface area contributed by atoms with Gasteiger partial charge in [-0.1, -0.05) is 36.4 Å². The molecule has 0 unspecified atom stereocenters. The molecular formula is C21H20FN3O2. The summed E-state index contributed by atoms with van der Waals surface area (Å²) in [5.74, 6) is -0.723. The van der Waals surface area contributed by atoms with Crippen molar-refractivity contribution in [2.24, 2.45) is 0 Å². The lowest BCUT2D eigenvalue weighted by Crippen LogP contribution is -2.28. The highest BCUT2D eigenvalue weighted by Gasteiger charge is 2.22. The Morgan fingerprint density at radius 3 is 2.52 bits per heavy atom. The Balaban J connectivity index is 2.30. The average molecular weight is 365 g/mol. The molecule has 0 saturated heterocycles. The molecule has 1 N–H and O–H groups in total. The number of halogens is 1. The summed E-state index contributed by atoms with van der Waals surface area (Å²) < 4.78 is 15.0. The maximum atomic E-state index is 13.7. The third kappa shape index (κ3) is 3.65. The summed E-state index contributed by atoms with van der Waals surface area (Å²) in [5.41, 5.74) is 2.21. The summed E-state index contributed by atoms with van der Waals surface area (Å²) in [7, 11) is 0. The maximum Gasteiger partial charge on any atom is 0.291 e. The van der Waals surface area contributed by atoms with Crippen molar-refractivity contribution in [3.63, 3.8) is 0 Å². The molecule has 27 heavy (non-hydrogen) atoms. The van der Waals surface area contributed by atoms with E-state index in [2.05, 4.69) is 10.4 Å². The summed E-state index contributed by atoms with van der Waals surface area (Å²) in [4.78, 5) is 25.4. The number of rotatable bonds is 5. The topological polar surface area (TPSA) is 64.0 Å². The van der Waals surface area contributed by atoms with E-state index in [1.54, 1.807) is 19.9 Å². The first-order valence-electron chi connectivity index (χ1n) is 8.67. The highest BCUT2D eigenvalue weighted by Crippen LogP contribution is 2.28. The molecule has 2 aromatic carbocycles. The van der Waals surface area contributed by atoms with Crippen LogP contribution in [0, 0.1) is 12.7 Å². The first-order chi connectivity index (χ1) is 12.9. The Morgan fingerprint density at radius 2 is 1.89 bits per heavy atom. The number of aryl methyl sites for hydroxylation is 2. The van der Waals surface area contributed by atoms with Gasteiger partial charge in [0, 0.05) is 17.8 Å². The zero-order chi connectivity index (χ0) is 19.6. The second kappa shape index (κ2) is 7.53. The SMILES string of the molecule is CCn1nc(-c2ccccc2)c(C(C)=O)c(Nc2cc(F)ccc2C)c1=O. The first-order valence-corrected chi connectivity index (χ1v) is 8.67. The monoisotopic (exact) mass is 365 g/mol. The van der Waals surface area contributed by atoms with Crippen molar-refractivity contribution in [3.05, 3.63) is 75.8 Å². The number of ketones is 1. The second-order valence-electron chi connectivity index (χ2n) is 6.23. The van der Waals surface area contributed by atoms with Gasteiger partial charge in [0.25, 0.3) is 5.56 Å². The van der Waals surface area contributed by atoms with Gasteiger partial charge in [-0.15, -0.1) is 0 Å². The number of nitrogens with one attached hydrogen (secondary N) is 1. The van der Waals surface area contributed by atoms with E-state index in [0.717, 1.165) is 11.1 Å². The molecule has 0 saturated carbocycles. The van der Waals surface area contributed by atoms with E-state index >= 15 is 0 Å². The fourth-order valence-electron chi connectivity index (χ4n) is 2.91. The van der Waals surface area contributed by atoms with Gasteiger partial charge in [-0.3, -0.25) is 9.59 Å². The summed E-state index contributed by atoms with van der Waals surface area (Å²) in [5, 5.41) is 7.38. The maximum absolute atomic E-state index is 13.7. The fraction of sp³-hybridized carbons (Fsp3) is 0.190. The first kappa shape index (κ1) is 18.5. The molecule has 1 heterocycles. The van der Waals surface area contributed by atoms with E-state index in [1.807, 2.05) is 30.3 Å². The molecule has 3 aromatic rings. The van der Waals surface area contributed by atoms with Crippen molar-refractivity contribution in [3.8, 4) is 11.3 Å². The van der Waals surface area contributed by atoms with Crippen molar-refractivity contribution >= 4 is 17.2 Å². The molecule has 0 aliphatic carbocycles. The highest BCUT2D eigenvalue weighted by atomic mass is 19.1. The smallest absolute Gasteiger partial charge is 0.291 e. The lowest BCUT2D eigenvalue weighted by atomic mass is 10.0. The normalized spacial score (nSPS) is 10.7. The van der Waals surface area contributed by atoms with Gasteiger partial charge in [0.2, 0.25) is 0 Å². The van der Waals surface area contributed by atoms with Gasteiger partial charge in [-0.2, -0.15) is 5.10 Å². The molecule has 6 heteroatoms. The number of benzene rings is 2. The molecule has 5 nitrogen and oxygen atoms in total. The number of nitrogens with zero attached hydrogens (tertiary/aromatic N) is 2. The lowest BCUT2D eigenvalue weighted by Gasteiger charge is -2.17. The van der Waals surface area contributed by atoms with E-state index in [-0.39, 0.29) is 17.0 Å². The number of carbonyl (C=O) groups is 1. The van der Waals surface area contributed by atoms with Crippen molar-refractivity contribution in [2.45, 2.75) is 27.3 Å².